The molecule has 1 spiro atoms. The van der Waals surface area contributed by atoms with E-state index < -0.39 is 11.4 Å². The van der Waals surface area contributed by atoms with Gasteiger partial charge in [0.15, 0.2) is 0 Å². The molecule has 1 amide bonds. The molecule has 1 aromatic heterocycles. The van der Waals surface area contributed by atoms with Crippen LogP contribution in [0.4, 0.5) is 8.78 Å². The second-order valence-electron chi connectivity index (χ2n) is 7.58. The number of fused-ring (bicyclic) bond motifs is 1. The van der Waals surface area contributed by atoms with Crippen LogP contribution in [0.3, 0.4) is 0 Å². The van der Waals surface area contributed by atoms with Crippen LogP contribution in [0.5, 0.6) is 0 Å². The summed E-state index contributed by atoms with van der Waals surface area (Å²) in [7, 11) is 0. The topological polar surface area (TPSA) is 47.4 Å². The van der Waals surface area contributed by atoms with Crippen molar-refractivity contribution in [3.05, 3.63) is 77.8 Å². The highest BCUT2D eigenvalue weighted by Gasteiger charge is 2.44. The molecule has 1 saturated heterocycles. The van der Waals surface area contributed by atoms with E-state index in [0.717, 1.165) is 17.1 Å². The monoisotopic (exact) mass is 395 g/mol. The summed E-state index contributed by atoms with van der Waals surface area (Å²) in [5.74, 6) is -0.323. The summed E-state index contributed by atoms with van der Waals surface area (Å²) in [6, 6.07) is 12.3. The van der Waals surface area contributed by atoms with E-state index in [-0.39, 0.29) is 17.3 Å². The van der Waals surface area contributed by atoms with Gasteiger partial charge in [-0.15, -0.1) is 0 Å². The third-order valence-electron chi connectivity index (χ3n) is 5.74. The normalized spacial score (nSPS) is 20.8. The Morgan fingerprint density at radius 2 is 1.86 bits per heavy atom. The molecule has 2 aliphatic rings. The molecule has 29 heavy (non-hydrogen) atoms. The fraction of sp³-hybridized carbons (Fsp3) is 0.273. The Balaban J connectivity index is 1.40. The summed E-state index contributed by atoms with van der Waals surface area (Å²) in [6.07, 6.45) is 2.43. The van der Waals surface area contributed by atoms with Gasteiger partial charge in [-0.2, -0.15) is 0 Å². The Kier molecular flexibility index (Phi) is 4.20. The lowest BCUT2D eigenvalue weighted by atomic mass is 10.0. The highest BCUT2D eigenvalue weighted by molar-refractivity contribution is 5.94. The highest BCUT2D eigenvalue weighted by Crippen LogP contribution is 2.35. The van der Waals surface area contributed by atoms with E-state index in [2.05, 4.69) is 9.55 Å². The first-order chi connectivity index (χ1) is 14.0. The quantitative estimate of drug-likeness (QED) is 0.666. The van der Waals surface area contributed by atoms with E-state index in [1.807, 2.05) is 0 Å². The molecule has 2 aliphatic heterocycles. The maximum Gasteiger partial charge on any atom is 0.256 e. The van der Waals surface area contributed by atoms with Crippen LogP contribution in [0, 0.1) is 11.6 Å². The summed E-state index contributed by atoms with van der Waals surface area (Å²) in [6.45, 7) is 1.77. The number of nitrogens with zero attached hydrogens (tertiary/aromatic N) is 3. The predicted octanol–water partition coefficient (Wildman–Crippen LogP) is 3.64. The van der Waals surface area contributed by atoms with Gasteiger partial charge in [-0.3, -0.25) is 4.79 Å². The molecule has 1 atom stereocenters. The van der Waals surface area contributed by atoms with Crippen LogP contribution in [0.25, 0.3) is 11.3 Å². The highest BCUT2D eigenvalue weighted by atomic mass is 19.1. The molecular weight excluding hydrogens is 376 g/mol. The third kappa shape index (κ3) is 3.11. The van der Waals surface area contributed by atoms with Gasteiger partial charge in [0, 0.05) is 6.54 Å². The van der Waals surface area contributed by atoms with Crippen molar-refractivity contribution in [2.24, 2.45) is 0 Å². The summed E-state index contributed by atoms with van der Waals surface area (Å²) < 4.78 is 35.5. The van der Waals surface area contributed by atoms with Crippen LogP contribution in [-0.2, 0) is 17.9 Å². The first kappa shape index (κ1) is 18.0. The lowest BCUT2D eigenvalue weighted by Crippen LogP contribution is -2.45. The first-order valence-corrected chi connectivity index (χ1v) is 9.53. The van der Waals surface area contributed by atoms with Crippen LogP contribution >= 0.6 is 0 Å². The zero-order valence-electron chi connectivity index (χ0n) is 15.6. The third-order valence-corrected chi connectivity index (χ3v) is 5.74. The van der Waals surface area contributed by atoms with E-state index in [1.54, 1.807) is 35.4 Å². The summed E-state index contributed by atoms with van der Waals surface area (Å²) in [5.41, 5.74) is 1.31. The number of carbonyl (C=O) groups excluding carboxylic acids is 1. The molecule has 5 rings (SSSR count). The van der Waals surface area contributed by atoms with Gasteiger partial charge in [-0.1, -0.05) is 12.1 Å². The Hall–Kier alpha value is -3.06. The van der Waals surface area contributed by atoms with E-state index in [1.165, 1.54) is 24.3 Å². The molecule has 3 heterocycles. The SMILES string of the molecule is O=C(c1ccccc1F)N1CCC2(C1)Cn1c(-c3ccc(F)cc3)cnc1CO2. The Morgan fingerprint density at radius 1 is 1.07 bits per heavy atom. The summed E-state index contributed by atoms with van der Waals surface area (Å²) in [4.78, 5) is 18.9. The number of hydrogen-bond donors (Lipinski definition) is 0. The number of benzene rings is 2. The van der Waals surface area contributed by atoms with Crippen molar-refractivity contribution < 1.29 is 18.3 Å². The van der Waals surface area contributed by atoms with Gasteiger partial charge in [0.1, 0.15) is 29.7 Å². The molecule has 7 heteroatoms. The minimum absolute atomic E-state index is 0.0793. The second kappa shape index (κ2) is 6.77. The number of imidazole rings is 1. The first-order valence-electron chi connectivity index (χ1n) is 9.53. The van der Waals surface area contributed by atoms with Crippen molar-refractivity contribution in [2.45, 2.75) is 25.2 Å². The molecule has 0 bridgehead atoms. The van der Waals surface area contributed by atoms with Crippen LogP contribution in [0.1, 0.15) is 22.6 Å². The standard InChI is InChI=1S/C22H19F2N3O2/c23-16-7-5-15(6-8-16)19-11-25-20-12-29-22(14-27(19)20)9-10-26(13-22)21(28)17-3-1-2-4-18(17)24/h1-8,11H,9-10,12-14H2. The maximum absolute atomic E-state index is 14.0. The molecule has 0 radical (unpaired) electrons. The number of aromatic nitrogens is 2. The molecule has 2 aromatic carbocycles. The van der Waals surface area contributed by atoms with Crippen molar-refractivity contribution in [2.75, 3.05) is 13.1 Å². The maximum atomic E-state index is 14.0. The van der Waals surface area contributed by atoms with Gasteiger partial charge in [0.05, 0.1) is 30.5 Å². The zero-order valence-corrected chi connectivity index (χ0v) is 15.6. The average molecular weight is 395 g/mol. The number of likely N-dealkylation sites (tertiary alicyclic amines) is 1. The molecule has 1 unspecified atom stereocenters. The van der Waals surface area contributed by atoms with Crippen molar-refractivity contribution >= 4 is 5.91 Å². The fourth-order valence-corrected chi connectivity index (χ4v) is 4.18. The number of carbonyl (C=O) groups is 1. The van der Waals surface area contributed by atoms with Crippen LogP contribution in [0.2, 0.25) is 0 Å². The van der Waals surface area contributed by atoms with E-state index in [0.29, 0.717) is 32.7 Å². The summed E-state index contributed by atoms with van der Waals surface area (Å²) in [5, 5.41) is 0. The van der Waals surface area contributed by atoms with Gasteiger partial charge >= 0.3 is 0 Å². The molecule has 3 aromatic rings. The molecule has 148 valence electrons. The molecule has 0 saturated carbocycles. The van der Waals surface area contributed by atoms with Gasteiger partial charge < -0.3 is 14.2 Å². The average Bonchev–Trinajstić information content (AvgIpc) is 3.33. The predicted molar refractivity (Wildman–Crippen MR) is 102 cm³/mol. The Labute approximate surface area is 166 Å². The minimum Gasteiger partial charge on any atom is -0.363 e. The smallest absolute Gasteiger partial charge is 0.256 e. The summed E-state index contributed by atoms with van der Waals surface area (Å²) >= 11 is 0. The Bertz CT molecular complexity index is 1080. The van der Waals surface area contributed by atoms with E-state index >= 15 is 0 Å². The minimum atomic E-state index is -0.538. The lowest BCUT2D eigenvalue weighted by Gasteiger charge is -2.35. The van der Waals surface area contributed by atoms with Crippen molar-refractivity contribution in [3.63, 3.8) is 0 Å². The van der Waals surface area contributed by atoms with Crippen molar-refractivity contribution in [3.8, 4) is 11.3 Å². The number of amides is 1. The van der Waals surface area contributed by atoms with E-state index in [4.69, 9.17) is 4.74 Å². The fourth-order valence-electron chi connectivity index (χ4n) is 4.18. The van der Waals surface area contributed by atoms with Gasteiger partial charge in [0.25, 0.3) is 5.91 Å². The second-order valence-corrected chi connectivity index (χ2v) is 7.58. The molecular formula is C22H19F2N3O2. The van der Waals surface area contributed by atoms with Crippen LogP contribution < -0.4 is 0 Å². The number of rotatable bonds is 2. The largest absolute Gasteiger partial charge is 0.363 e. The zero-order chi connectivity index (χ0) is 20.0. The molecule has 1 fully saturated rings. The molecule has 0 aliphatic carbocycles. The molecule has 5 nitrogen and oxygen atoms in total. The number of hydrogen-bond acceptors (Lipinski definition) is 3. The van der Waals surface area contributed by atoms with E-state index in [9.17, 15) is 13.6 Å². The van der Waals surface area contributed by atoms with Gasteiger partial charge in [-0.05, 0) is 48.4 Å². The van der Waals surface area contributed by atoms with Crippen molar-refractivity contribution in [1.29, 1.82) is 0 Å². The number of ether oxygens (including phenoxy) is 1. The Morgan fingerprint density at radius 3 is 2.66 bits per heavy atom. The van der Waals surface area contributed by atoms with Gasteiger partial charge in [0.2, 0.25) is 0 Å². The van der Waals surface area contributed by atoms with Crippen LogP contribution in [0.15, 0.2) is 54.7 Å². The number of halogens is 2. The van der Waals surface area contributed by atoms with Crippen molar-refractivity contribution in [1.82, 2.24) is 14.5 Å². The van der Waals surface area contributed by atoms with Crippen LogP contribution in [-0.4, -0.2) is 39.0 Å². The van der Waals surface area contributed by atoms with Gasteiger partial charge in [-0.25, -0.2) is 13.8 Å². The lowest BCUT2D eigenvalue weighted by molar-refractivity contribution is -0.0804. The molecule has 0 N–H and O–H groups in total.